The van der Waals surface area contributed by atoms with Crippen LogP contribution in [0.2, 0.25) is 0 Å². The number of aliphatic hydroxyl groups excluding tert-OH is 1. The highest BCUT2D eigenvalue weighted by molar-refractivity contribution is 7.80. The van der Waals surface area contributed by atoms with E-state index >= 15 is 0 Å². The Bertz CT molecular complexity index is 2390. The molecule has 0 bridgehead atoms. The minimum absolute atomic E-state index is 0.0265. The standard InChI is InChI=1S/C49H71N15O10S/c50-31(16-7-21-55-48(51)52)44(70)64-25-11-20-37(64)45(71)62-23-9-18-35(62)41(68)57-28-38(65)58-33(26-29-12-3-1-4-13-29)40(67)61-42(69)46(72)63-24-10-19-36(63)43(75)60-34(27-30-14-5-2-6-15-30)39(66)59-32(47(73)74)17-8-22-56-49(53)54/h1-6,12-15,31-37,42,69H,7-11,16-28,50H2,(H,57,68)(H,58,65)(H,59,66)(H,60,75)(H,61,67)(H,73,74)(H4,51,52,55)(H4,53,54,56)/t31-,32-,33-,34-,35-,36-,37-,42-/m0/s1. The number of likely N-dealkylation sites (tertiary alicyclic amines) is 3. The molecule has 5 rings (SSSR count). The molecule has 0 unspecified atom stereocenters. The number of benzene rings is 2. The van der Waals surface area contributed by atoms with E-state index in [1.807, 2.05) is 0 Å². The van der Waals surface area contributed by atoms with E-state index in [2.05, 4.69) is 36.6 Å². The molecule has 0 saturated carbocycles. The lowest BCUT2D eigenvalue weighted by Gasteiger charge is -2.32. The maximum atomic E-state index is 13.9. The Labute approximate surface area is 440 Å². The first-order valence-corrected chi connectivity index (χ1v) is 25.5. The molecular weight excluding hydrogens is 991 g/mol. The van der Waals surface area contributed by atoms with Crippen LogP contribution in [0.5, 0.6) is 0 Å². The summed E-state index contributed by atoms with van der Waals surface area (Å²) in [6, 6.07) is 10.4. The number of aliphatic carboxylic acids is 1. The molecule has 26 heteroatoms. The minimum atomic E-state index is -2.10. The fourth-order valence-electron chi connectivity index (χ4n) is 9.34. The maximum Gasteiger partial charge on any atom is 0.326 e. The Kier molecular flexibility index (Phi) is 22.5. The molecule has 0 radical (unpaired) electrons. The van der Waals surface area contributed by atoms with Gasteiger partial charge in [-0.2, -0.15) is 0 Å². The number of aliphatic imine (C=N–C) groups is 2. The van der Waals surface area contributed by atoms with Crippen molar-refractivity contribution >= 4 is 76.4 Å². The zero-order valence-corrected chi connectivity index (χ0v) is 42.6. The number of hydrogen-bond acceptors (Lipinski definition) is 13. The summed E-state index contributed by atoms with van der Waals surface area (Å²) in [5.41, 5.74) is 29.1. The fourth-order valence-corrected chi connectivity index (χ4v) is 9.73. The van der Waals surface area contributed by atoms with Crippen LogP contribution in [0.15, 0.2) is 70.6 Å². The second-order valence-electron chi connectivity index (χ2n) is 18.7. The van der Waals surface area contributed by atoms with Gasteiger partial charge in [0.15, 0.2) is 11.9 Å². The van der Waals surface area contributed by atoms with Gasteiger partial charge in [0, 0.05) is 45.6 Å². The molecule has 2 aromatic rings. The van der Waals surface area contributed by atoms with Gasteiger partial charge in [0.1, 0.15) is 30.2 Å². The number of thiocarbonyl (C=S) groups is 1. The van der Waals surface area contributed by atoms with Crippen molar-refractivity contribution in [3.8, 4) is 0 Å². The molecule has 3 saturated heterocycles. The van der Waals surface area contributed by atoms with Crippen molar-refractivity contribution in [1.29, 1.82) is 0 Å². The molecule has 3 aliphatic rings. The first-order chi connectivity index (χ1) is 35.8. The van der Waals surface area contributed by atoms with E-state index in [4.69, 9.17) is 40.9 Å². The average Bonchev–Trinajstić information content (AvgIpc) is 4.20. The predicted octanol–water partition coefficient (Wildman–Crippen LogP) is -3.23. The minimum Gasteiger partial charge on any atom is -0.480 e. The largest absolute Gasteiger partial charge is 0.480 e. The highest BCUT2D eigenvalue weighted by Crippen LogP contribution is 2.26. The number of nitrogens with zero attached hydrogens (tertiary/aromatic N) is 5. The van der Waals surface area contributed by atoms with Gasteiger partial charge in [0.05, 0.1) is 23.6 Å². The third-order valence-corrected chi connectivity index (χ3v) is 13.5. The van der Waals surface area contributed by atoms with Crippen molar-refractivity contribution in [2.75, 3.05) is 39.3 Å². The normalized spacial score (nSPS) is 19.1. The van der Waals surface area contributed by atoms with Gasteiger partial charge < -0.3 is 80.2 Å². The number of aliphatic hydroxyl groups is 1. The lowest BCUT2D eigenvalue weighted by Crippen LogP contribution is -2.59. The van der Waals surface area contributed by atoms with E-state index in [1.165, 1.54) is 14.7 Å². The van der Waals surface area contributed by atoms with E-state index in [1.54, 1.807) is 60.7 Å². The number of amides is 7. The Morgan fingerprint density at radius 3 is 1.68 bits per heavy atom. The first-order valence-electron chi connectivity index (χ1n) is 25.1. The van der Waals surface area contributed by atoms with Gasteiger partial charge in [0.25, 0.3) is 5.91 Å². The monoisotopic (exact) mass is 1060 g/mol. The smallest absolute Gasteiger partial charge is 0.326 e. The summed E-state index contributed by atoms with van der Waals surface area (Å²) in [5.74, 6) is -6.14. The van der Waals surface area contributed by atoms with Crippen LogP contribution in [0.4, 0.5) is 0 Å². The van der Waals surface area contributed by atoms with Crippen LogP contribution in [-0.4, -0.2) is 177 Å². The number of carbonyl (C=O) groups excluding carboxylic acids is 7. The number of nitrogens with two attached hydrogens (primary N) is 5. The number of carbonyl (C=O) groups is 8. The van der Waals surface area contributed by atoms with Crippen LogP contribution in [0, 0.1) is 0 Å². The molecule has 3 aliphatic heterocycles. The van der Waals surface area contributed by atoms with Crippen LogP contribution in [0.25, 0.3) is 0 Å². The second kappa shape index (κ2) is 28.9. The van der Waals surface area contributed by atoms with Crippen LogP contribution in [0.1, 0.15) is 75.3 Å². The lowest BCUT2D eigenvalue weighted by atomic mass is 10.0. The summed E-state index contributed by atoms with van der Waals surface area (Å²) in [6.45, 7) is 0.590. The molecule has 0 spiro atoms. The Hall–Kier alpha value is -7.45. The molecule has 75 heavy (non-hydrogen) atoms. The van der Waals surface area contributed by atoms with Crippen molar-refractivity contribution < 1.29 is 48.6 Å². The summed E-state index contributed by atoms with van der Waals surface area (Å²) in [7, 11) is 0. The summed E-state index contributed by atoms with van der Waals surface area (Å²) >= 11 is 5.77. The number of hydrogen-bond donors (Lipinski definition) is 12. The molecule has 25 nitrogen and oxygen atoms in total. The highest BCUT2D eigenvalue weighted by atomic mass is 32.1. The quantitative estimate of drug-likeness (QED) is 0.0145. The Morgan fingerprint density at radius 2 is 1.12 bits per heavy atom. The third kappa shape index (κ3) is 17.6. The maximum absolute atomic E-state index is 13.9. The summed E-state index contributed by atoms with van der Waals surface area (Å²) < 4.78 is 0. The summed E-state index contributed by atoms with van der Waals surface area (Å²) in [6.07, 6.45) is 1.55. The van der Waals surface area contributed by atoms with Crippen molar-refractivity contribution in [3.63, 3.8) is 0 Å². The molecule has 3 heterocycles. The molecule has 0 aromatic heterocycles. The summed E-state index contributed by atoms with van der Waals surface area (Å²) in [5, 5.41) is 34.2. The SMILES string of the molecule is NC(N)=NCCC[C@H](NC(=O)[C@H](Cc1ccccc1)NC(=S)[C@@H]1CCCN1C(=O)[C@H](O)NC(=O)[C@H](Cc1ccccc1)NC(=O)CNC(=O)[C@@H]1CCCN1C(=O)[C@@H]1CCCN1C(=O)[C@@H](N)CCCN=C(N)N)C(=O)O. The molecule has 17 N–H and O–H groups in total. The lowest BCUT2D eigenvalue weighted by molar-refractivity contribution is -0.147. The van der Waals surface area contributed by atoms with Crippen molar-refractivity contribution in [1.82, 2.24) is 41.3 Å². The van der Waals surface area contributed by atoms with Gasteiger partial charge >= 0.3 is 5.97 Å². The molecule has 3 fully saturated rings. The van der Waals surface area contributed by atoms with Crippen LogP contribution < -0.4 is 55.3 Å². The van der Waals surface area contributed by atoms with Gasteiger partial charge in [-0.1, -0.05) is 72.9 Å². The van der Waals surface area contributed by atoms with Gasteiger partial charge in [0.2, 0.25) is 41.7 Å². The molecule has 2 aromatic carbocycles. The number of carboxylic acid groups (broad SMARTS) is 1. The average molecular weight is 1060 g/mol. The van der Waals surface area contributed by atoms with Gasteiger partial charge in [-0.3, -0.25) is 43.5 Å². The molecule has 0 aliphatic carbocycles. The van der Waals surface area contributed by atoms with Gasteiger partial charge in [-0.05, 0) is 75.3 Å². The number of guanidine groups is 2. The van der Waals surface area contributed by atoms with Gasteiger partial charge in [-0.15, -0.1) is 0 Å². The van der Waals surface area contributed by atoms with Crippen molar-refractivity contribution in [2.24, 2.45) is 38.7 Å². The van der Waals surface area contributed by atoms with E-state index in [-0.39, 0.29) is 68.1 Å². The molecule has 7 amide bonds. The second-order valence-corrected chi connectivity index (χ2v) is 19.1. The first kappa shape index (κ1) is 58.4. The zero-order valence-electron chi connectivity index (χ0n) is 41.8. The number of nitrogens with one attached hydrogen (secondary N) is 5. The van der Waals surface area contributed by atoms with E-state index < -0.39 is 96.5 Å². The number of carboxylic acids is 1. The Balaban J connectivity index is 1.19. The van der Waals surface area contributed by atoms with E-state index in [9.17, 15) is 48.6 Å². The highest BCUT2D eigenvalue weighted by Gasteiger charge is 2.43. The van der Waals surface area contributed by atoms with Crippen molar-refractivity contribution in [2.45, 2.75) is 126 Å². The van der Waals surface area contributed by atoms with Crippen LogP contribution in [0.3, 0.4) is 0 Å². The fraction of sp³-hybridized carbons (Fsp3) is 0.531. The van der Waals surface area contributed by atoms with Gasteiger partial charge in [-0.25, -0.2) is 4.79 Å². The van der Waals surface area contributed by atoms with Crippen LogP contribution >= 0.6 is 12.2 Å². The van der Waals surface area contributed by atoms with E-state index in [0.717, 1.165) is 5.56 Å². The number of rotatable bonds is 26. The molecule has 8 atom stereocenters. The predicted molar refractivity (Wildman–Crippen MR) is 280 cm³/mol. The zero-order chi connectivity index (χ0) is 54.6. The van der Waals surface area contributed by atoms with Crippen molar-refractivity contribution in [3.05, 3.63) is 71.8 Å². The topological polar surface area (TPSA) is 402 Å². The molecule has 408 valence electrons. The summed E-state index contributed by atoms with van der Waals surface area (Å²) in [4.78, 5) is 120. The van der Waals surface area contributed by atoms with E-state index in [0.29, 0.717) is 70.0 Å². The van der Waals surface area contributed by atoms with Crippen LogP contribution in [-0.2, 0) is 51.2 Å². The Morgan fingerprint density at radius 1 is 0.627 bits per heavy atom. The molecular formula is C49H71N15O10S. The third-order valence-electron chi connectivity index (χ3n) is 13.1.